The van der Waals surface area contributed by atoms with Gasteiger partial charge in [-0.05, 0) is 13.8 Å². The van der Waals surface area contributed by atoms with Crippen molar-refractivity contribution in [1.82, 2.24) is 0 Å². The van der Waals surface area contributed by atoms with Crippen LogP contribution >= 0.6 is 0 Å². The van der Waals surface area contributed by atoms with Gasteiger partial charge in [-0.1, -0.05) is 68.0 Å². The molecule has 0 aromatic heterocycles. The van der Waals surface area contributed by atoms with E-state index >= 15 is 0 Å². The summed E-state index contributed by atoms with van der Waals surface area (Å²) in [6.45, 7) is 8.65. The summed E-state index contributed by atoms with van der Waals surface area (Å²) in [5.74, 6) is 0.611. The minimum atomic E-state index is 0.611. The third kappa shape index (κ3) is 7.30. The second-order valence-electron chi connectivity index (χ2n) is 9.83. The summed E-state index contributed by atoms with van der Waals surface area (Å²) in [4.78, 5) is 0. The van der Waals surface area contributed by atoms with Gasteiger partial charge in [0.05, 0.1) is 0 Å². The third-order valence-corrected chi connectivity index (χ3v) is 8.28. The van der Waals surface area contributed by atoms with E-state index in [4.69, 9.17) is 0 Å². The average molecular weight is 572 g/mol. The van der Waals surface area contributed by atoms with E-state index in [1.807, 2.05) is 0 Å². The second-order valence-corrected chi connectivity index (χ2v) is 11.1. The molecule has 6 rings (SSSR count). The Morgan fingerprint density at radius 3 is 1.63 bits per heavy atom. The first kappa shape index (κ1) is 28.0. The predicted octanol–water partition coefficient (Wildman–Crippen LogP) is 9.85. The predicted molar refractivity (Wildman–Crippen MR) is 163 cm³/mol. The van der Waals surface area contributed by atoms with Gasteiger partial charge in [0.25, 0.3) is 0 Å². The Bertz CT molecular complexity index is 1450. The van der Waals surface area contributed by atoms with Gasteiger partial charge in [-0.25, -0.2) is 11.6 Å². The maximum absolute atomic E-state index is 3.40. The van der Waals surface area contributed by atoms with E-state index in [1.165, 1.54) is 83.2 Å². The van der Waals surface area contributed by atoms with Crippen LogP contribution in [0.1, 0.15) is 48.9 Å². The van der Waals surface area contributed by atoms with Gasteiger partial charge < -0.3 is 0 Å². The number of hydrogen-bond acceptors (Lipinski definition) is 0. The Morgan fingerprint density at radius 2 is 1.24 bits per heavy atom. The zero-order chi connectivity index (χ0) is 26.9. The van der Waals surface area contributed by atoms with Crippen molar-refractivity contribution in [3.63, 3.8) is 0 Å². The van der Waals surface area contributed by atoms with Crippen molar-refractivity contribution < 1.29 is 24.2 Å². The monoisotopic (exact) mass is 570 g/mol. The molecule has 0 saturated heterocycles. The molecule has 1 atom stereocenters. The molecule has 0 aliphatic heterocycles. The van der Waals surface area contributed by atoms with Crippen molar-refractivity contribution in [2.75, 3.05) is 0 Å². The molecule has 1 aliphatic carbocycles. The molecule has 0 bridgehead atoms. The van der Waals surface area contributed by atoms with Crippen LogP contribution in [0.3, 0.4) is 0 Å². The summed E-state index contributed by atoms with van der Waals surface area (Å²) in [6.07, 6.45) is 10.1. The molecule has 188 valence electrons. The van der Waals surface area contributed by atoms with Crippen LogP contribution in [-0.2, 0) is 24.2 Å². The molecule has 0 fully saturated rings. The van der Waals surface area contributed by atoms with Gasteiger partial charge in [0.15, 0.2) is 0 Å². The quantitative estimate of drug-likeness (QED) is 0.188. The number of hydrogen-bond donors (Lipinski definition) is 0. The van der Waals surface area contributed by atoms with Crippen LogP contribution in [0.5, 0.6) is 0 Å². The van der Waals surface area contributed by atoms with Crippen molar-refractivity contribution >= 4 is 24.8 Å². The van der Waals surface area contributed by atoms with Crippen LogP contribution in [0.25, 0.3) is 21.5 Å². The molecule has 1 aliphatic rings. The summed E-state index contributed by atoms with van der Waals surface area (Å²) < 4.78 is 1.42. The number of aryl methyl sites for hydroxylation is 2. The van der Waals surface area contributed by atoms with Crippen LogP contribution in [-0.4, -0.2) is 3.21 Å². The molecule has 0 nitrogen and oxygen atoms in total. The van der Waals surface area contributed by atoms with Gasteiger partial charge in [0.2, 0.25) is 0 Å². The zero-order valence-corrected chi connectivity index (χ0v) is 25.4. The van der Waals surface area contributed by atoms with Crippen LogP contribution < -0.4 is 0 Å². The Labute approximate surface area is 243 Å². The molecule has 38 heavy (non-hydrogen) atoms. The van der Waals surface area contributed by atoms with Crippen LogP contribution in [0.4, 0.5) is 0 Å². The fourth-order valence-electron chi connectivity index (χ4n) is 4.66. The molecule has 0 N–H and O–H groups in total. The fraction of sp³-hybridized carbons (Fsp3) is 0.189. The maximum atomic E-state index is 3.40. The summed E-state index contributed by atoms with van der Waals surface area (Å²) in [7, 11) is 0. The van der Waals surface area contributed by atoms with E-state index in [0.717, 1.165) is 6.42 Å². The first-order chi connectivity index (χ1) is 18.5. The number of allylic oxidation sites excluding steroid dienone is 4. The summed E-state index contributed by atoms with van der Waals surface area (Å²) in [6, 6.07) is 36.7. The van der Waals surface area contributed by atoms with Crippen LogP contribution in [0.2, 0.25) is 0 Å². The Balaban J connectivity index is 0.000000137. The van der Waals surface area contributed by atoms with Gasteiger partial charge >= 0.3 is 99.2 Å². The first-order valence-electron chi connectivity index (χ1n) is 13.5. The van der Waals surface area contributed by atoms with Crippen molar-refractivity contribution in [3.8, 4) is 0 Å². The molecule has 0 radical (unpaired) electrons. The van der Waals surface area contributed by atoms with Crippen molar-refractivity contribution in [2.45, 2.75) is 40.5 Å². The average Bonchev–Trinajstić information content (AvgIpc) is 3.57. The molecule has 1 heteroatoms. The first-order valence-corrected chi connectivity index (χ1v) is 14.8. The topological polar surface area (TPSA) is 0 Å². The number of rotatable bonds is 4. The minimum absolute atomic E-state index is 0.611. The van der Waals surface area contributed by atoms with E-state index < -0.39 is 0 Å². The van der Waals surface area contributed by atoms with Crippen LogP contribution in [0.15, 0.2) is 121 Å². The number of fused-ring (bicyclic) bond motifs is 3. The van der Waals surface area contributed by atoms with E-state index in [1.54, 1.807) is 0 Å². The normalized spacial score (nSPS) is 13.9. The summed E-state index contributed by atoms with van der Waals surface area (Å²) >= 11 is 1.46. The summed E-state index contributed by atoms with van der Waals surface area (Å²) in [5.41, 5.74) is 6.69. The molecule has 0 amide bonds. The second kappa shape index (κ2) is 13.7. The van der Waals surface area contributed by atoms with Gasteiger partial charge in [0, 0.05) is 0 Å². The molecular formula is C37H36Zr. The fourth-order valence-corrected chi connectivity index (χ4v) is 5.48. The standard InChI is InChI=1S/C15H13.C13H10.C9H13.Zr/c1-10-3-5-14-12(7-10)9-13-8-11(2)4-6-15(13)14;1-3-7-12(8-4-1)11-13-9-5-2-6-10-13;1-3-8-5-6-9(4-2)7-8;/h3-9H,1-2H3;1-10H;5-6,8H,3-4H2,1-2H3;/q-1;;-1;+2. The number of benzene rings is 4. The Morgan fingerprint density at radius 1 is 0.737 bits per heavy atom. The Kier molecular flexibility index (Phi) is 10.1. The van der Waals surface area contributed by atoms with Crippen molar-refractivity contribution in [1.29, 1.82) is 0 Å². The summed E-state index contributed by atoms with van der Waals surface area (Å²) in [5, 5.41) is 5.46. The SMILES string of the molecule is CCC1=[C-]C(CC)C=C1.Cc1ccc2c(c1)[cH-]c1cc(C)ccc12.[Zr+2]=[C](c1ccccc1)c1ccccc1. The van der Waals surface area contributed by atoms with E-state index in [-0.39, 0.29) is 0 Å². The molecule has 0 spiro atoms. The zero-order valence-electron chi connectivity index (χ0n) is 23.0. The van der Waals surface area contributed by atoms with Gasteiger partial charge in [-0.15, -0.1) is 39.7 Å². The van der Waals surface area contributed by atoms with E-state index in [0.29, 0.717) is 5.92 Å². The molecule has 5 aromatic carbocycles. The molecule has 5 aromatic rings. The van der Waals surface area contributed by atoms with Crippen LogP contribution in [0, 0.1) is 25.8 Å². The van der Waals surface area contributed by atoms with Crippen molar-refractivity contribution in [2.24, 2.45) is 5.92 Å². The molecular weight excluding hydrogens is 536 g/mol. The molecule has 0 heterocycles. The molecule has 1 unspecified atom stereocenters. The van der Waals surface area contributed by atoms with E-state index in [9.17, 15) is 0 Å². The molecule has 0 saturated carbocycles. The van der Waals surface area contributed by atoms with Gasteiger partial charge in [-0.3, -0.25) is 6.08 Å². The Hall–Kier alpha value is -3.02. The van der Waals surface area contributed by atoms with Gasteiger partial charge in [0.1, 0.15) is 0 Å². The van der Waals surface area contributed by atoms with Crippen molar-refractivity contribution in [3.05, 3.63) is 149 Å². The van der Waals surface area contributed by atoms with Gasteiger partial charge in [-0.2, -0.15) is 6.08 Å². The third-order valence-electron chi connectivity index (χ3n) is 6.86. The van der Waals surface area contributed by atoms with E-state index in [2.05, 4.69) is 149 Å².